The van der Waals surface area contributed by atoms with Crippen LogP contribution in [0, 0.1) is 0 Å². The van der Waals surface area contributed by atoms with E-state index in [1.807, 2.05) is 50.2 Å². The lowest BCUT2D eigenvalue weighted by Crippen LogP contribution is -2.32. The van der Waals surface area contributed by atoms with Gasteiger partial charge in [-0.25, -0.2) is 14.5 Å². The van der Waals surface area contributed by atoms with Crippen LogP contribution in [-0.4, -0.2) is 57.1 Å². The molecule has 6 rings (SSSR count). The van der Waals surface area contributed by atoms with Gasteiger partial charge in [-0.05, 0) is 53.8 Å². The van der Waals surface area contributed by atoms with Crippen LogP contribution in [0.2, 0.25) is 0 Å². The van der Waals surface area contributed by atoms with Crippen molar-refractivity contribution >= 4 is 34.6 Å². The first kappa shape index (κ1) is 31.1. The number of amides is 3. The fraction of sp³-hybridized carbons (Fsp3) is 0.281. The molecule has 1 aliphatic carbocycles. The third kappa shape index (κ3) is 6.86. The number of aliphatic imine (C=N–C) groups is 1. The van der Waals surface area contributed by atoms with Gasteiger partial charge in [-0.15, -0.1) is 18.3 Å². The number of anilines is 1. The molecule has 0 radical (unpaired) electrons. The van der Waals surface area contributed by atoms with Crippen molar-refractivity contribution < 1.29 is 32.2 Å². The minimum absolute atomic E-state index is 0.0945. The van der Waals surface area contributed by atoms with Crippen molar-refractivity contribution in [3.05, 3.63) is 84.2 Å². The summed E-state index contributed by atoms with van der Waals surface area (Å²) in [6.07, 6.45) is -2.53. The number of hydrogen-bond acceptors (Lipinski definition) is 7. The molecule has 46 heavy (non-hydrogen) atoms. The highest BCUT2D eigenvalue weighted by molar-refractivity contribution is 8.15. The quantitative estimate of drug-likeness (QED) is 0.227. The fourth-order valence-electron chi connectivity index (χ4n) is 5.21. The van der Waals surface area contributed by atoms with Gasteiger partial charge in [-0.3, -0.25) is 9.69 Å². The van der Waals surface area contributed by atoms with E-state index in [1.165, 1.54) is 51.9 Å². The molecule has 10 nitrogen and oxygen atoms in total. The second kappa shape index (κ2) is 12.5. The van der Waals surface area contributed by atoms with E-state index in [-0.39, 0.29) is 35.3 Å². The van der Waals surface area contributed by atoms with E-state index in [0.717, 1.165) is 23.1 Å². The lowest BCUT2D eigenvalue weighted by molar-refractivity contribution is -0.274. The van der Waals surface area contributed by atoms with E-state index in [0.29, 0.717) is 28.1 Å². The Bertz CT molecular complexity index is 1790. The molecule has 1 N–H and O–H groups in total. The molecule has 2 heterocycles. The molecule has 0 spiro atoms. The molecule has 2 aliphatic rings. The average molecular weight is 651 g/mol. The Balaban J connectivity index is 1.09. The molecule has 2 unspecified atom stereocenters. The van der Waals surface area contributed by atoms with Crippen LogP contribution in [0.25, 0.3) is 17.1 Å². The van der Waals surface area contributed by atoms with E-state index >= 15 is 0 Å². The minimum atomic E-state index is -4.76. The summed E-state index contributed by atoms with van der Waals surface area (Å²) in [6, 6.07) is 18.0. The van der Waals surface area contributed by atoms with Gasteiger partial charge in [0.25, 0.3) is 0 Å². The Labute approximate surface area is 266 Å². The Hall–Kier alpha value is -4.85. The number of halogens is 3. The maximum atomic E-state index is 12.9. The number of benzene rings is 3. The third-order valence-electron chi connectivity index (χ3n) is 7.59. The lowest BCUT2D eigenvalue weighted by Gasteiger charge is -2.22. The van der Waals surface area contributed by atoms with Crippen LogP contribution in [-0.2, 0) is 4.79 Å². The number of carbonyl (C=O) groups excluding carboxylic acids is 2. The first-order valence-corrected chi connectivity index (χ1v) is 15.4. The number of nitrogens with one attached hydrogen (secondary N) is 1. The van der Waals surface area contributed by atoms with Crippen molar-refractivity contribution in [2.75, 3.05) is 17.8 Å². The second-order valence-corrected chi connectivity index (χ2v) is 12.0. The highest BCUT2D eigenvalue weighted by atomic mass is 32.2. The van der Waals surface area contributed by atoms with Gasteiger partial charge in [-0.1, -0.05) is 55.9 Å². The molecule has 4 aromatic rings. The van der Waals surface area contributed by atoms with Crippen LogP contribution in [0.3, 0.4) is 0 Å². The van der Waals surface area contributed by atoms with Gasteiger partial charge < -0.3 is 14.8 Å². The van der Waals surface area contributed by atoms with E-state index in [9.17, 15) is 22.8 Å². The number of carbonyl (C=O) groups is 2. The predicted molar refractivity (Wildman–Crippen MR) is 168 cm³/mol. The molecule has 238 valence electrons. The number of alkyl halides is 3. The van der Waals surface area contributed by atoms with E-state index in [1.54, 1.807) is 13.2 Å². The fourth-order valence-corrected chi connectivity index (χ4v) is 6.07. The summed E-state index contributed by atoms with van der Waals surface area (Å²) in [5.74, 6) is 1.03. The van der Waals surface area contributed by atoms with Gasteiger partial charge >= 0.3 is 12.4 Å². The Morgan fingerprint density at radius 2 is 1.78 bits per heavy atom. The SMILES string of the molecule is COc1ccc(C(C)C)c(N2C(=O)CS/C2=N\C(=O)NC2CC2c2ccc(-c3ncn(-c4ccc(OC(F)(F)F)cc4)n3)cc2)c1. The monoisotopic (exact) mass is 650 g/mol. The maximum Gasteiger partial charge on any atom is 0.573 e. The summed E-state index contributed by atoms with van der Waals surface area (Å²) in [4.78, 5) is 35.9. The summed E-state index contributed by atoms with van der Waals surface area (Å²) in [5.41, 5.74) is 3.93. The second-order valence-electron chi connectivity index (χ2n) is 11.1. The minimum Gasteiger partial charge on any atom is -0.497 e. The number of methoxy groups -OCH3 is 1. The molecule has 0 bridgehead atoms. The summed E-state index contributed by atoms with van der Waals surface area (Å²) in [5, 5.41) is 7.73. The number of ether oxygens (including phenoxy) is 2. The first-order valence-electron chi connectivity index (χ1n) is 14.4. The van der Waals surface area contributed by atoms with Gasteiger partial charge in [-0.2, -0.15) is 4.99 Å². The Morgan fingerprint density at radius 3 is 2.46 bits per heavy atom. The molecule has 1 saturated carbocycles. The van der Waals surface area contributed by atoms with E-state index in [2.05, 4.69) is 25.1 Å². The molecule has 1 saturated heterocycles. The number of amidine groups is 1. The molecule has 3 aromatic carbocycles. The Morgan fingerprint density at radius 1 is 1.07 bits per heavy atom. The van der Waals surface area contributed by atoms with Crippen molar-refractivity contribution in [3.63, 3.8) is 0 Å². The average Bonchev–Trinajstić information content (AvgIpc) is 3.42. The van der Waals surface area contributed by atoms with Crippen LogP contribution in [0.5, 0.6) is 11.5 Å². The highest BCUT2D eigenvalue weighted by Gasteiger charge is 2.40. The van der Waals surface area contributed by atoms with Gasteiger partial charge in [0, 0.05) is 23.6 Å². The maximum absolute atomic E-state index is 12.9. The zero-order valence-corrected chi connectivity index (χ0v) is 25.8. The third-order valence-corrected chi connectivity index (χ3v) is 8.51. The summed E-state index contributed by atoms with van der Waals surface area (Å²) in [7, 11) is 1.56. The van der Waals surface area contributed by atoms with Gasteiger partial charge in [0.2, 0.25) is 5.91 Å². The van der Waals surface area contributed by atoms with Crippen LogP contribution in [0.4, 0.5) is 23.7 Å². The van der Waals surface area contributed by atoms with Crippen molar-refractivity contribution in [3.8, 4) is 28.6 Å². The molecular weight excluding hydrogens is 621 g/mol. The standard InChI is InChI=1S/C32H29F3N6O4S/c1-18(2)24-13-12-23(44-3)14-27(24)41-28(42)16-46-31(41)38-30(43)37-26-15-25(26)19-4-6-20(7-5-19)29-36-17-40(39-29)21-8-10-22(11-9-21)45-32(33,34)35/h4-14,17-18,25-26H,15-16H2,1-3H3,(H,37,43)/b38-31-. The zero-order valence-electron chi connectivity index (χ0n) is 25.0. The van der Waals surface area contributed by atoms with E-state index < -0.39 is 12.4 Å². The van der Waals surface area contributed by atoms with Crippen LogP contribution >= 0.6 is 11.8 Å². The van der Waals surface area contributed by atoms with Gasteiger partial charge in [0.15, 0.2) is 11.0 Å². The largest absolute Gasteiger partial charge is 0.573 e. The van der Waals surface area contributed by atoms with Crippen molar-refractivity contribution in [2.24, 2.45) is 4.99 Å². The molecule has 3 amide bonds. The number of rotatable bonds is 8. The van der Waals surface area contributed by atoms with E-state index in [4.69, 9.17) is 4.74 Å². The highest BCUT2D eigenvalue weighted by Crippen LogP contribution is 2.41. The topological polar surface area (TPSA) is 111 Å². The van der Waals surface area contributed by atoms with Gasteiger partial charge in [0.1, 0.15) is 17.8 Å². The number of nitrogens with zero attached hydrogens (tertiary/aromatic N) is 5. The van der Waals surface area contributed by atoms with Gasteiger partial charge in [0.05, 0.1) is 24.2 Å². The number of hydrogen-bond donors (Lipinski definition) is 1. The number of aromatic nitrogens is 3. The summed E-state index contributed by atoms with van der Waals surface area (Å²) in [6.45, 7) is 4.07. The smallest absolute Gasteiger partial charge is 0.497 e. The van der Waals surface area contributed by atoms with Crippen LogP contribution in [0.15, 0.2) is 78.0 Å². The Kier molecular flexibility index (Phi) is 8.47. The summed E-state index contributed by atoms with van der Waals surface area (Å²) < 4.78 is 48.0. The van der Waals surface area contributed by atoms with Crippen molar-refractivity contribution in [1.29, 1.82) is 0 Å². The van der Waals surface area contributed by atoms with Crippen molar-refractivity contribution in [1.82, 2.24) is 20.1 Å². The van der Waals surface area contributed by atoms with Crippen molar-refractivity contribution in [2.45, 2.75) is 44.5 Å². The first-order chi connectivity index (χ1) is 22.0. The molecule has 14 heteroatoms. The molecule has 1 aliphatic heterocycles. The lowest BCUT2D eigenvalue weighted by atomic mass is 10.00. The molecular formula is C32H29F3N6O4S. The number of thioether (sulfide) groups is 1. The van der Waals surface area contributed by atoms with Crippen LogP contribution < -0.4 is 19.7 Å². The molecule has 1 aromatic heterocycles. The normalized spacial score (nSPS) is 18.7. The molecule has 2 fully saturated rings. The predicted octanol–water partition coefficient (Wildman–Crippen LogP) is 6.67. The zero-order chi connectivity index (χ0) is 32.6. The summed E-state index contributed by atoms with van der Waals surface area (Å²) >= 11 is 1.23. The van der Waals surface area contributed by atoms with Crippen LogP contribution in [0.1, 0.15) is 43.2 Å². The molecule has 2 atom stereocenters. The number of urea groups is 1.